The lowest BCUT2D eigenvalue weighted by Gasteiger charge is -2.22. The van der Waals surface area contributed by atoms with E-state index < -0.39 is 0 Å². The predicted molar refractivity (Wildman–Crippen MR) is 151 cm³/mol. The van der Waals surface area contributed by atoms with Crippen LogP contribution < -0.4 is 10.2 Å². The van der Waals surface area contributed by atoms with E-state index in [1.165, 1.54) is 32.0 Å². The van der Waals surface area contributed by atoms with Crippen molar-refractivity contribution in [1.29, 1.82) is 0 Å². The van der Waals surface area contributed by atoms with Crippen LogP contribution in [0.5, 0.6) is 0 Å². The summed E-state index contributed by atoms with van der Waals surface area (Å²) in [5, 5.41) is 3.04. The van der Waals surface area contributed by atoms with Crippen molar-refractivity contribution < 1.29 is 14.0 Å². The summed E-state index contributed by atoms with van der Waals surface area (Å²) in [6, 6.07) is 14.4. The van der Waals surface area contributed by atoms with E-state index in [0.717, 1.165) is 28.5 Å². The number of para-hydroxylation sites is 1. The van der Waals surface area contributed by atoms with Gasteiger partial charge < -0.3 is 15.1 Å². The van der Waals surface area contributed by atoms with Crippen LogP contribution in [0, 0.1) is 11.7 Å². The molecule has 0 spiro atoms. The highest BCUT2D eigenvalue weighted by Gasteiger charge is 2.26. The average molecular weight is 532 g/mol. The van der Waals surface area contributed by atoms with Gasteiger partial charge in [0.1, 0.15) is 5.82 Å². The predicted octanol–water partition coefficient (Wildman–Crippen LogP) is 5.84. The first-order valence-electron chi connectivity index (χ1n) is 13.5. The van der Waals surface area contributed by atoms with E-state index >= 15 is 0 Å². The van der Waals surface area contributed by atoms with Crippen LogP contribution in [0.1, 0.15) is 37.7 Å². The molecule has 2 amide bonds. The molecule has 2 aromatic carbocycles. The molecule has 2 aliphatic heterocycles. The smallest absolute Gasteiger partial charge is 0.250 e. The SMILES string of the molecule is O=C(NCCCN1CCCC1)C1=CCC(/C=C2\CC(=O)N(Cc3ccccc3F)c3ccccc3S2)C=C1. The van der Waals surface area contributed by atoms with Crippen LogP contribution in [0.2, 0.25) is 0 Å². The lowest BCUT2D eigenvalue weighted by molar-refractivity contribution is -0.118. The first-order valence-corrected chi connectivity index (χ1v) is 14.3. The first-order chi connectivity index (χ1) is 18.6. The van der Waals surface area contributed by atoms with Crippen molar-refractivity contribution in [2.45, 2.75) is 43.5 Å². The van der Waals surface area contributed by atoms with Gasteiger partial charge in [0.05, 0.1) is 18.7 Å². The molecule has 2 heterocycles. The molecule has 7 heteroatoms. The summed E-state index contributed by atoms with van der Waals surface area (Å²) in [5.41, 5.74) is 2.00. The number of fused-ring (bicyclic) bond motifs is 1. The highest BCUT2D eigenvalue weighted by molar-refractivity contribution is 8.03. The second kappa shape index (κ2) is 12.6. The topological polar surface area (TPSA) is 52.7 Å². The molecule has 1 unspecified atom stereocenters. The van der Waals surface area contributed by atoms with Crippen LogP contribution in [0.25, 0.3) is 0 Å². The number of carbonyl (C=O) groups is 2. The summed E-state index contributed by atoms with van der Waals surface area (Å²) in [5.74, 6) is -0.273. The molecule has 198 valence electrons. The van der Waals surface area contributed by atoms with E-state index in [1.807, 2.05) is 42.5 Å². The number of carbonyl (C=O) groups excluding carboxylic acids is 2. The van der Waals surface area contributed by atoms with Crippen LogP contribution in [-0.2, 0) is 16.1 Å². The number of nitrogens with zero attached hydrogens (tertiary/aromatic N) is 2. The van der Waals surface area contributed by atoms with Gasteiger partial charge in [-0.05, 0) is 74.3 Å². The normalized spacial score (nSPS) is 20.8. The molecule has 1 fully saturated rings. The molecular weight excluding hydrogens is 497 g/mol. The third-order valence-electron chi connectivity index (χ3n) is 7.24. The van der Waals surface area contributed by atoms with Crippen molar-refractivity contribution in [2.75, 3.05) is 31.1 Å². The Balaban J connectivity index is 1.20. The maximum absolute atomic E-state index is 14.4. The molecule has 1 saturated heterocycles. The molecule has 0 radical (unpaired) electrons. The van der Waals surface area contributed by atoms with Crippen LogP contribution in [0.3, 0.4) is 0 Å². The van der Waals surface area contributed by atoms with E-state index in [2.05, 4.69) is 16.3 Å². The van der Waals surface area contributed by atoms with Gasteiger partial charge in [0.2, 0.25) is 5.91 Å². The number of halogens is 1. The van der Waals surface area contributed by atoms with Gasteiger partial charge in [-0.1, -0.05) is 66.4 Å². The summed E-state index contributed by atoms with van der Waals surface area (Å²) < 4.78 is 14.4. The Morgan fingerprint density at radius 2 is 1.89 bits per heavy atom. The second-order valence-corrected chi connectivity index (χ2v) is 11.2. The highest BCUT2D eigenvalue weighted by atomic mass is 32.2. The molecular formula is C31H34FN3O2S. The quantitative estimate of drug-likeness (QED) is 0.435. The van der Waals surface area contributed by atoms with Crippen molar-refractivity contribution in [3.63, 3.8) is 0 Å². The minimum atomic E-state index is -0.309. The van der Waals surface area contributed by atoms with Crippen molar-refractivity contribution in [3.05, 3.63) is 94.7 Å². The van der Waals surface area contributed by atoms with Crippen molar-refractivity contribution in [3.8, 4) is 0 Å². The van der Waals surface area contributed by atoms with Crippen molar-refractivity contribution in [1.82, 2.24) is 10.2 Å². The van der Waals surface area contributed by atoms with Crippen LogP contribution in [-0.4, -0.2) is 42.9 Å². The molecule has 2 aromatic rings. The fourth-order valence-corrected chi connectivity index (χ4v) is 6.32. The third-order valence-corrected chi connectivity index (χ3v) is 8.35. The van der Waals surface area contributed by atoms with Gasteiger partial charge in [0.15, 0.2) is 0 Å². The number of allylic oxidation sites excluding steroid dienone is 3. The molecule has 5 rings (SSSR count). The lowest BCUT2D eigenvalue weighted by Crippen LogP contribution is -2.30. The van der Waals surface area contributed by atoms with E-state index in [4.69, 9.17) is 0 Å². The molecule has 0 saturated carbocycles. The first kappa shape index (κ1) is 26.4. The number of likely N-dealkylation sites (tertiary alicyclic amines) is 1. The Kier molecular flexibility index (Phi) is 8.76. The summed E-state index contributed by atoms with van der Waals surface area (Å²) in [4.78, 5) is 32.0. The average Bonchev–Trinajstić information content (AvgIpc) is 3.41. The van der Waals surface area contributed by atoms with E-state index in [1.54, 1.807) is 34.9 Å². The van der Waals surface area contributed by atoms with Gasteiger partial charge in [-0.2, -0.15) is 0 Å². The maximum Gasteiger partial charge on any atom is 0.250 e. The fourth-order valence-electron chi connectivity index (χ4n) is 5.17. The minimum Gasteiger partial charge on any atom is -0.352 e. The molecule has 0 aromatic heterocycles. The Morgan fingerprint density at radius 1 is 1.11 bits per heavy atom. The lowest BCUT2D eigenvalue weighted by atomic mass is 9.95. The Labute approximate surface area is 228 Å². The second-order valence-electron chi connectivity index (χ2n) is 10.0. The van der Waals surface area contributed by atoms with E-state index in [0.29, 0.717) is 24.1 Å². The zero-order valence-electron chi connectivity index (χ0n) is 21.6. The molecule has 1 aliphatic carbocycles. The molecule has 3 aliphatic rings. The molecule has 0 bridgehead atoms. The number of rotatable bonds is 8. The Morgan fingerprint density at radius 3 is 2.68 bits per heavy atom. The van der Waals surface area contributed by atoms with Gasteiger partial charge in [-0.15, -0.1) is 0 Å². The molecule has 38 heavy (non-hydrogen) atoms. The van der Waals surface area contributed by atoms with Crippen LogP contribution in [0.4, 0.5) is 10.1 Å². The third kappa shape index (κ3) is 6.63. The van der Waals surface area contributed by atoms with Gasteiger partial charge in [-0.25, -0.2) is 4.39 Å². The van der Waals surface area contributed by atoms with E-state index in [9.17, 15) is 14.0 Å². The minimum absolute atomic E-state index is 0.0227. The Hall–Kier alpha value is -3.16. The van der Waals surface area contributed by atoms with Gasteiger partial charge >= 0.3 is 0 Å². The summed E-state index contributed by atoms with van der Waals surface area (Å²) >= 11 is 1.59. The summed E-state index contributed by atoms with van der Waals surface area (Å²) in [6.45, 7) is 4.28. The maximum atomic E-state index is 14.4. The standard InChI is InChI=1S/C31H34FN3O2S/c32-27-9-2-1-8-25(27)22-35-28-10-3-4-11-29(28)38-26(21-30(35)36)20-23-12-14-24(15-13-23)31(37)33-16-7-19-34-17-5-6-18-34/h1-4,8-12,14-15,20,23H,5-7,13,16-19,21-22H2,(H,33,37)/b26-20+. The van der Waals surface area contributed by atoms with E-state index in [-0.39, 0.29) is 36.5 Å². The number of nitrogens with one attached hydrogen (secondary N) is 1. The molecule has 1 N–H and O–H groups in total. The largest absolute Gasteiger partial charge is 0.352 e. The van der Waals surface area contributed by atoms with Crippen molar-refractivity contribution >= 4 is 29.3 Å². The summed E-state index contributed by atoms with van der Waals surface area (Å²) in [7, 11) is 0. The number of thioether (sulfide) groups is 1. The number of anilines is 1. The fraction of sp³-hybridized carbons (Fsp3) is 0.355. The highest BCUT2D eigenvalue weighted by Crippen LogP contribution is 2.41. The van der Waals surface area contributed by atoms with Gasteiger partial charge in [0, 0.05) is 22.6 Å². The number of hydrogen-bond acceptors (Lipinski definition) is 4. The molecule has 5 nitrogen and oxygen atoms in total. The number of amides is 2. The zero-order chi connectivity index (χ0) is 26.3. The van der Waals surface area contributed by atoms with Crippen molar-refractivity contribution in [2.24, 2.45) is 5.92 Å². The van der Waals surface area contributed by atoms with Crippen LogP contribution in [0.15, 0.2) is 88.2 Å². The summed E-state index contributed by atoms with van der Waals surface area (Å²) in [6.07, 6.45) is 12.6. The number of benzene rings is 2. The zero-order valence-corrected chi connectivity index (χ0v) is 22.4. The molecule has 1 atom stereocenters. The number of hydrogen-bond donors (Lipinski definition) is 1. The van der Waals surface area contributed by atoms with Gasteiger partial charge in [0.25, 0.3) is 5.91 Å². The van der Waals surface area contributed by atoms with Gasteiger partial charge in [-0.3, -0.25) is 9.59 Å². The van der Waals surface area contributed by atoms with Crippen LogP contribution >= 0.6 is 11.8 Å². The Bertz CT molecular complexity index is 1270. The monoisotopic (exact) mass is 531 g/mol.